The summed E-state index contributed by atoms with van der Waals surface area (Å²) in [6.45, 7) is 5.10. The lowest BCUT2D eigenvalue weighted by atomic mass is 10.0. The zero-order valence-electron chi connectivity index (χ0n) is 13.4. The summed E-state index contributed by atoms with van der Waals surface area (Å²) in [6, 6.07) is 0. The van der Waals surface area contributed by atoms with Gasteiger partial charge in [-0.1, -0.05) is 64.7 Å². The largest absolute Gasteiger partial charge is 0.464 e. The minimum atomic E-state index is -0.559. The highest BCUT2D eigenvalue weighted by Crippen LogP contribution is 2.34. The first kappa shape index (κ1) is 17.5. The predicted octanol–water partition coefficient (Wildman–Crippen LogP) is 4.63. The number of unbranched alkanes of at least 4 members (excludes halogenated alkanes) is 9. The minimum Gasteiger partial charge on any atom is -0.464 e. The fourth-order valence-corrected chi connectivity index (χ4v) is 2.61. The Morgan fingerprint density at radius 3 is 1.90 bits per heavy atom. The van der Waals surface area contributed by atoms with Crippen LogP contribution in [0.1, 0.15) is 84.5 Å². The van der Waals surface area contributed by atoms with Crippen molar-refractivity contribution in [2.75, 3.05) is 13.2 Å². The minimum absolute atomic E-state index is 0.157. The van der Waals surface area contributed by atoms with Gasteiger partial charge in [0.15, 0.2) is 5.60 Å². The Balaban J connectivity index is 1.89. The molecule has 1 aliphatic rings. The van der Waals surface area contributed by atoms with Crippen LogP contribution in [0.25, 0.3) is 0 Å². The molecule has 1 unspecified atom stereocenters. The van der Waals surface area contributed by atoms with Crippen molar-refractivity contribution in [2.45, 2.75) is 90.1 Å². The van der Waals surface area contributed by atoms with Crippen molar-refractivity contribution in [3.05, 3.63) is 0 Å². The number of carbonyl (C=O) groups is 1. The molecule has 0 aromatic heterocycles. The molecule has 0 amide bonds. The van der Waals surface area contributed by atoms with Crippen molar-refractivity contribution in [3.63, 3.8) is 0 Å². The molecule has 1 aliphatic heterocycles. The van der Waals surface area contributed by atoms with Gasteiger partial charge in [0.1, 0.15) is 0 Å². The number of ether oxygens (including phenoxy) is 2. The number of hydrogen-bond donors (Lipinski definition) is 0. The highest BCUT2D eigenvalue weighted by atomic mass is 16.6. The van der Waals surface area contributed by atoms with E-state index in [0.29, 0.717) is 13.2 Å². The van der Waals surface area contributed by atoms with Crippen LogP contribution in [0.2, 0.25) is 0 Å². The fourth-order valence-electron chi connectivity index (χ4n) is 2.61. The van der Waals surface area contributed by atoms with Gasteiger partial charge in [-0.15, -0.1) is 0 Å². The van der Waals surface area contributed by atoms with E-state index in [1.165, 1.54) is 57.8 Å². The summed E-state index contributed by atoms with van der Waals surface area (Å²) in [7, 11) is 0. The van der Waals surface area contributed by atoms with Gasteiger partial charge in [0.25, 0.3) is 0 Å². The third-order valence-corrected chi connectivity index (χ3v) is 4.07. The van der Waals surface area contributed by atoms with E-state index in [2.05, 4.69) is 6.92 Å². The lowest BCUT2D eigenvalue weighted by Crippen LogP contribution is -2.27. The molecule has 3 nitrogen and oxygen atoms in total. The van der Waals surface area contributed by atoms with Crippen molar-refractivity contribution in [3.8, 4) is 0 Å². The maximum absolute atomic E-state index is 11.7. The van der Waals surface area contributed by atoms with Gasteiger partial charge < -0.3 is 9.47 Å². The Labute approximate surface area is 124 Å². The zero-order valence-corrected chi connectivity index (χ0v) is 13.4. The third-order valence-electron chi connectivity index (χ3n) is 4.07. The fraction of sp³-hybridized carbons (Fsp3) is 0.941. The molecular weight excluding hydrogens is 252 g/mol. The van der Waals surface area contributed by atoms with E-state index in [1.807, 2.05) is 6.92 Å². The van der Waals surface area contributed by atoms with Gasteiger partial charge in [-0.3, -0.25) is 0 Å². The Morgan fingerprint density at radius 2 is 1.45 bits per heavy atom. The van der Waals surface area contributed by atoms with E-state index < -0.39 is 5.60 Å². The van der Waals surface area contributed by atoms with E-state index in [-0.39, 0.29) is 5.97 Å². The van der Waals surface area contributed by atoms with Gasteiger partial charge in [-0.05, 0) is 19.8 Å². The molecule has 20 heavy (non-hydrogen) atoms. The number of esters is 1. The van der Waals surface area contributed by atoms with Crippen LogP contribution in [0.4, 0.5) is 0 Å². The highest BCUT2D eigenvalue weighted by molar-refractivity contribution is 5.82. The van der Waals surface area contributed by atoms with Gasteiger partial charge in [0.05, 0.1) is 13.2 Å². The van der Waals surface area contributed by atoms with E-state index in [1.54, 1.807) is 0 Å². The molecule has 3 heteroatoms. The van der Waals surface area contributed by atoms with Crippen molar-refractivity contribution < 1.29 is 14.3 Å². The molecule has 0 spiro atoms. The molecule has 1 heterocycles. The Hall–Kier alpha value is -0.570. The Kier molecular flexibility index (Phi) is 8.92. The Morgan fingerprint density at radius 1 is 0.950 bits per heavy atom. The average Bonchev–Trinajstić information content (AvgIpc) is 3.22. The summed E-state index contributed by atoms with van der Waals surface area (Å²) < 4.78 is 10.4. The SMILES string of the molecule is CCCCCCCCCCCCC1(C(=O)OCC)CO1. The second kappa shape index (κ2) is 10.2. The first-order valence-corrected chi connectivity index (χ1v) is 8.56. The van der Waals surface area contributed by atoms with Gasteiger partial charge in [0.2, 0.25) is 0 Å². The van der Waals surface area contributed by atoms with Gasteiger partial charge in [-0.2, -0.15) is 0 Å². The van der Waals surface area contributed by atoms with Crippen LogP contribution in [0.5, 0.6) is 0 Å². The Bertz CT molecular complexity index is 259. The maximum Gasteiger partial charge on any atom is 0.340 e. The van der Waals surface area contributed by atoms with Crippen molar-refractivity contribution in [1.82, 2.24) is 0 Å². The molecule has 0 aromatic carbocycles. The lowest BCUT2D eigenvalue weighted by molar-refractivity contribution is -0.149. The molecule has 1 saturated heterocycles. The first-order valence-electron chi connectivity index (χ1n) is 8.56. The number of rotatable bonds is 13. The van der Waals surface area contributed by atoms with E-state index in [0.717, 1.165) is 12.8 Å². The van der Waals surface area contributed by atoms with Gasteiger partial charge >= 0.3 is 5.97 Å². The van der Waals surface area contributed by atoms with Crippen LogP contribution in [0.3, 0.4) is 0 Å². The monoisotopic (exact) mass is 284 g/mol. The van der Waals surface area contributed by atoms with Gasteiger partial charge in [-0.25, -0.2) is 4.79 Å². The summed E-state index contributed by atoms with van der Waals surface area (Å²) in [6.07, 6.45) is 14.0. The third kappa shape index (κ3) is 6.74. The summed E-state index contributed by atoms with van der Waals surface area (Å²) in [4.78, 5) is 11.7. The van der Waals surface area contributed by atoms with Crippen molar-refractivity contribution in [2.24, 2.45) is 0 Å². The van der Waals surface area contributed by atoms with Crippen LogP contribution < -0.4 is 0 Å². The molecule has 1 fully saturated rings. The average molecular weight is 284 g/mol. The molecule has 0 bridgehead atoms. The van der Waals surface area contributed by atoms with E-state index >= 15 is 0 Å². The number of hydrogen-bond acceptors (Lipinski definition) is 3. The molecular formula is C17H32O3. The number of epoxide rings is 1. The van der Waals surface area contributed by atoms with E-state index in [4.69, 9.17) is 9.47 Å². The molecule has 0 saturated carbocycles. The second-order valence-corrected chi connectivity index (χ2v) is 5.94. The van der Waals surface area contributed by atoms with E-state index in [9.17, 15) is 4.79 Å². The topological polar surface area (TPSA) is 38.8 Å². The molecule has 1 atom stereocenters. The summed E-state index contributed by atoms with van der Waals surface area (Å²) in [5.41, 5.74) is -0.559. The quantitative estimate of drug-likeness (QED) is 0.281. The van der Waals surface area contributed by atoms with Crippen LogP contribution in [0, 0.1) is 0 Å². The summed E-state index contributed by atoms with van der Waals surface area (Å²) >= 11 is 0. The lowest BCUT2D eigenvalue weighted by Gasteiger charge is -2.10. The smallest absolute Gasteiger partial charge is 0.340 e. The summed E-state index contributed by atoms with van der Waals surface area (Å²) in [5, 5.41) is 0. The summed E-state index contributed by atoms with van der Waals surface area (Å²) in [5.74, 6) is -0.157. The van der Waals surface area contributed by atoms with Crippen LogP contribution in [0.15, 0.2) is 0 Å². The zero-order chi connectivity index (χ0) is 14.7. The standard InChI is InChI=1S/C17H32O3/c1-3-5-6-7-8-9-10-11-12-13-14-17(15-20-17)16(18)19-4-2/h3-15H2,1-2H3. The molecule has 118 valence electrons. The molecule has 0 aromatic rings. The van der Waals surface area contributed by atoms with Gasteiger partial charge in [0, 0.05) is 0 Å². The normalized spacial score (nSPS) is 20.9. The molecule has 1 rings (SSSR count). The predicted molar refractivity (Wildman–Crippen MR) is 81.8 cm³/mol. The van der Waals surface area contributed by atoms with Crippen LogP contribution in [-0.4, -0.2) is 24.8 Å². The van der Waals surface area contributed by atoms with Crippen molar-refractivity contribution in [1.29, 1.82) is 0 Å². The molecule has 0 N–H and O–H groups in total. The maximum atomic E-state index is 11.7. The first-order chi connectivity index (χ1) is 9.75. The molecule has 0 radical (unpaired) electrons. The van der Waals surface area contributed by atoms with Crippen molar-refractivity contribution >= 4 is 5.97 Å². The van der Waals surface area contributed by atoms with Crippen LogP contribution in [-0.2, 0) is 14.3 Å². The highest BCUT2D eigenvalue weighted by Gasteiger charge is 2.52. The second-order valence-electron chi connectivity index (χ2n) is 5.94. The molecule has 0 aliphatic carbocycles. The van der Waals surface area contributed by atoms with Crippen LogP contribution >= 0.6 is 0 Å². The number of carbonyl (C=O) groups excluding carboxylic acids is 1.